The van der Waals surface area contributed by atoms with E-state index >= 15 is 0 Å². The Balaban J connectivity index is 1.66. The topological polar surface area (TPSA) is 49.8 Å². The zero-order valence-corrected chi connectivity index (χ0v) is 14.1. The Morgan fingerprint density at radius 3 is 2.38 bits per heavy atom. The molecule has 0 saturated heterocycles. The molecular formula is C18H14ClF3N4. The SMILES string of the molecule is FC(F)(F)c1ccc(Nc2nccc(NCc3ccccc3Cl)n2)cc1. The third-order valence-corrected chi connectivity index (χ3v) is 3.91. The number of nitrogens with one attached hydrogen (secondary N) is 2. The number of halogens is 4. The average Bonchev–Trinajstić information content (AvgIpc) is 2.61. The number of hydrogen-bond acceptors (Lipinski definition) is 4. The van der Waals surface area contributed by atoms with E-state index in [9.17, 15) is 13.2 Å². The monoisotopic (exact) mass is 378 g/mol. The lowest BCUT2D eigenvalue weighted by Crippen LogP contribution is -2.06. The number of alkyl halides is 3. The van der Waals surface area contributed by atoms with Crippen LogP contribution >= 0.6 is 11.6 Å². The summed E-state index contributed by atoms with van der Waals surface area (Å²) in [5.41, 5.74) is 0.672. The first-order valence-electron chi connectivity index (χ1n) is 7.66. The molecule has 0 aliphatic rings. The van der Waals surface area contributed by atoms with Crippen LogP contribution in [0.25, 0.3) is 0 Å². The highest BCUT2D eigenvalue weighted by molar-refractivity contribution is 6.31. The predicted octanol–water partition coefficient (Wildman–Crippen LogP) is 5.50. The van der Waals surface area contributed by atoms with Crippen molar-refractivity contribution in [1.82, 2.24) is 9.97 Å². The van der Waals surface area contributed by atoms with E-state index in [0.29, 0.717) is 23.1 Å². The van der Waals surface area contributed by atoms with Gasteiger partial charge in [0.25, 0.3) is 0 Å². The summed E-state index contributed by atoms with van der Waals surface area (Å²) in [6, 6.07) is 13.8. The number of aromatic nitrogens is 2. The van der Waals surface area contributed by atoms with E-state index in [1.807, 2.05) is 18.2 Å². The van der Waals surface area contributed by atoms with Gasteiger partial charge in [0, 0.05) is 23.5 Å². The Morgan fingerprint density at radius 2 is 1.69 bits per heavy atom. The van der Waals surface area contributed by atoms with Gasteiger partial charge in [0.2, 0.25) is 5.95 Å². The minimum absolute atomic E-state index is 0.272. The molecule has 0 spiro atoms. The van der Waals surface area contributed by atoms with Gasteiger partial charge in [-0.3, -0.25) is 0 Å². The van der Waals surface area contributed by atoms with Crippen LogP contribution in [0.1, 0.15) is 11.1 Å². The standard InChI is InChI=1S/C18H14ClF3N4/c19-15-4-2-1-3-12(15)11-24-16-9-10-23-17(26-16)25-14-7-5-13(6-8-14)18(20,21)22/h1-10H,11H2,(H2,23,24,25,26). The van der Waals surface area contributed by atoms with E-state index in [1.165, 1.54) is 12.1 Å². The van der Waals surface area contributed by atoms with E-state index < -0.39 is 11.7 Å². The molecule has 3 rings (SSSR count). The second-order valence-corrected chi connectivity index (χ2v) is 5.82. The van der Waals surface area contributed by atoms with E-state index in [0.717, 1.165) is 17.7 Å². The Morgan fingerprint density at radius 1 is 0.962 bits per heavy atom. The van der Waals surface area contributed by atoms with Gasteiger partial charge in [-0.15, -0.1) is 0 Å². The summed E-state index contributed by atoms with van der Waals surface area (Å²) in [5.74, 6) is 0.836. The lowest BCUT2D eigenvalue weighted by molar-refractivity contribution is -0.137. The van der Waals surface area contributed by atoms with Gasteiger partial charge in [-0.2, -0.15) is 18.2 Å². The Bertz CT molecular complexity index is 882. The first-order valence-corrected chi connectivity index (χ1v) is 8.04. The first kappa shape index (κ1) is 18.0. The van der Waals surface area contributed by atoms with Crippen LogP contribution in [0.4, 0.5) is 30.6 Å². The van der Waals surface area contributed by atoms with Crippen molar-refractivity contribution in [3.05, 3.63) is 76.9 Å². The van der Waals surface area contributed by atoms with Gasteiger partial charge in [-0.25, -0.2) is 4.98 Å². The van der Waals surface area contributed by atoms with Crippen LogP contribution in [0.3, 0.4) is 0 Å². The van der Waals surface area contributed by atoms with Gasteiger partial charge >= 0.3 is 6.18 Å². The smallest absolute Gasteiger partial charge is 0.366 e. The number of benzene rings is 2. The number of anilines is 3. The molecule has 2 aromatic carbocycles. The van der Waals surface area contributed by atoms with E-state index in [2.05, 4.69) is 20.6 Å². The molecule has 1 aromatic heterocycles. The summed E-state index contributed by atoms with van der Waals surface area (Å²) in [7, 11) is 0. The van der Waals surface area contributed by atoms with E-state index in [4.69, 9.17) is 11.6 Å². The minimum atomic E-state index is -4.36. The molecule has 0 amide bonds. The number of hydrogen-bond donors (Lipinski definition) is 2. The molecule has 0 unspecified atom stereocenters. The maximum absolute atomic E-state index is 12.6. The third-order valence-electron chi connectivity index (χ3n) is 3.54. The molecule has 3 aromatic rings. The fraction of sp³-hybridized carbons (Fsp3) is 0.111. The highest BCUT2D eigenvalue weighted by atomic mass is 35.5. The van der Waals surface area contributed by atoms with Crippen LogP contribution in [-0.2, 0) is 12.7 Å². The second kappa shape index (κ2) is 7.61. The quantitative estimate of drug-likeness (QED) is 0.615. The van der Waals surface area contributed by atoms with Crippen LogP contribution in [0, 0.1) is 0 Å². The third kappa shape index (κ3) is 4.64. The molecule has 26 heavy (non-hydrogen) atoms. The van der Waals surface area contributed by atoms with Crippen molar-refractivity contribution < 1.29 is 13.2 Å². The van der Waals surface area contributed by atoms with Crippen LogP contribution in [0.15, 0.2) is 60.8 Å². The van der Waals surface area contributed by atoms with Crippen molar-refractivity contribution in [2.24, 2.45) is 0 Å². The molecule has 0 aliphatic heterocycles. The molecule has 0 saturated carbocycles. The van der Waals surface area contributed by atoms with E-state index in [1.54, 1.807) is 18.3 Å². The van der Waals surface area contributed by atoms with Crippen molar-refractivity contribution in [3.63, 3.8) is 0 Å². The molecule has 8 heteroatoms. The summed E-state index contributed by atoms with van der Waals surface area (Å²) in [4.78, 5) is 8.35. The zero-order valence-electron chi connectivity index (χ0n) is 13.4. The Kier molecular flexibility index (Phi) is 5.27. The van der Waals surface area contributed by atoms with Crippen LogP contribution in [0.2, 0.25) is 5.02 Å². The van der Waals surface area contributed by atoms with Crippen molar-refractivity contribution in [2.75, 3.05) is 10.6 Å². The van der Waals surface area contributed by atoms with Gasteiger partial charge in [0.15, 0.2) is 0 Å². The Labute approximate surface area is 153 Å². The molecule has 0 aliphatic carbocycles. The highest BCUT2D eigenvalue weighted by Crippen LogP contribution is 2.30. The number of nitrogens with zero attached hydrogens (tertiary/aromatic N) is 2. The second-order valence-electron chi connectivity index (χ2n) is 5.41. The molecule has 0 atom stereocenters. The van der Waals surface area contributed by atoms with Gasteiger partial charge in [0.1, 0.15) is 5.82 Å². The molecule has 134 valence electrons. The maximum atomic E-state index is 12.6. The lowest BCUT2D eigenvalue weighted by atomic mass is 10.2. The molecular weight excluding hydrogens is 365 g/mol. The minimum Gasteiger partial charge on any atom is -0.366 e. The number of rotatable bonds is 5. The molecule has 0 fully saturated rings. The maximum Gasteiger partial charge on any atom is 0.416 e. The summed E-state index contributed by atoms with van der Waals surface area (Å²) < 4.78 is 37.8. The van der Waals surface area contributed by atoms with Crippen LogP contribution in [0.5, 0.6) is 0 Å². The molecule has 1 heterocycles. The van der Waals surface area contributed by atoms with Gasteiger partial charge in [-0.1, -0.05) is 29.8 Å². The summed E-state index contributed by atoms with van der Waals surface area (Å²) in [6.07, 6.45) is -2.81. The summed E-state index contributed by atoms with van der Waals surface area (Å²) in [6.45, 7) is 0.483. The van der Waals surface area contributed by atoms with Crippen LogP contribution < -0.4 is 10.6 Å². The fourth-order valence-corrected chi connectivity index (χ4v) is 2.42. The normalized spacial score (nSPS) is 11.2. The summed E-state index contributed by atoms with van der Waals surface area (Å²) >= 11 is 6.11. The molecule has 0 bridgehead atoms. The molecule has 0 radical (unpaired) electrons. The fourth-order valence-electron chi connectivity index (χ4n) is 2.22. The Hall–Kier alpha value is -2.80. The first-order chi connectivity index (χ1) is 12.4. The molecule has 2 N–H and O–H groups in total. The average molecular weight is 379 g/mol. The van der Waals surface area contributed by atoms with Crippen LogP contribution in [-0.4, -0.2) is 9.97 Å². The van der Waals surface area contributed by atoms with Gasteiger partial charge < -0.3 is 10.6 Å². The largest absolute Gasteiger partial charge is 0.416 e. The zero-order chi connectivity index (χ0) is 18.6. The van der Waals surface area contributed by atoms with E-state index in [-0.39, 0.29) is 5.95 Å². The van der Waals surface area contributed by atoms with Crippen molar-refractivity contribution in [1.29, 1.82) is 0 Å². The highest BCUT2D eigenvalue weighted by Gasteiger charge is 2.29. The van der Waals surface area contributed by atoms with Crippen molar-refractivity contribution in [3.8, 4) is 0 Å². The predicted molar refractivity (Wildman–Crippen MR) is 95.5 cm³/mol. The van der Waals surface area contributed by atoms with Crippen molar-refractivity contribution >= 4 is 29.1 Å². The van der Waals surface area contributed by atoms with Crippen molar-refractivity contribution in [2.45, 2.75) is 12.7 Å². The lowest BCUT2D eigenvalue weighted by Gasteiger charge is -2.10. The molecule has 4 nitrogen and oxygen atoms in total. The summed E-state index contributed by atoms with van der Waals surface area (Å²) in [5, 5.41) is 6.66. The van der Waals surface area contributed by atoms with Gasteiger partial charge in [0.05, 0.1) is 5.56 Å². The van der Waals surface area contributed by atoms with Gasteiger partial charge in [-0.05, 0) is 42.0 Å².